The first-order valence-electron chi connectivity index (χ1n) is 9.42. The summed E-state index contributed by atoms with van der Waals surface area (Å²) in [6.45, 7) is 7.76. The monoisotopic (exact) mass is 411 g/mol. The molecule has 146 valence electrons. The lowest BCUT2D eigenvalue weighted by Crippen LogP contribution is -2.26. The Labute approximate surface area is 177 Å². The molecule has 0 fully saturated rings. The van der Waals surface area contributed by atoms with Crippen molar-refractivity contribution in [2.45, 2.75) is 31.7 Å². The van der Waals surface area contributed by atoms with E-state index in [4.69, 9.17) is 17.3 Å². The second kappa shape index (κ2) is 9.57. The zero-order valence-corrected chi connectivity index (χ0v) is 18.1. The lowest BCUT2D eigenvalue weighted by molar-refractivity contribution is 0.391. The first-order valence-corrected chi connectivity index (χ1v) is 10.6. The predicted molar refractivity (Wildman–Crippen MR) is 121 cm³/mol. The molecule has 0 aliphatic heterocycles. The van der Waals surface area contributed by atoms with Gasteiger partial charge in [-0.3, -0.25) is 4.98 Å². The van der Waals surface area contributed by atoms with E-state index < -0.39 is 0 Å². The van der Waals surface area contributed by atoms with Crippen LogP contribution < -0.4 is 5.73 Å². The van der Waals surface area contributed by atoms with Crippen molar-refractivity contribution in [1.82, 2.24) is 9.29 Å². The van der Waals surface area contributed by atoms with Gasteiger partial charge in [-0.25, -0.2) is 4.31 Å². The Morgan fingerprint density at radius 3 is 2.68 bits per heavy atom. The highest BCUT2D eigenvalue weighted by atomic mass is 35.5. The summed E-state index contributed by atoms with van der Waals surface area (Å²) in [4.78, 5) is 5.37. The number of halogens is 1. The van der Waals surface area contributed by atoms with Crippen LogP contribution in [0.2, 0.25) is 5.02 Å². The third kappa shape index (κ3) is 4.76. The van der Waals surface area contributed by atoms with E-state index in [0.29, 0.717) is 6.54 Å². The summed E-state index contributed by atoms with van der Waals surface area (Å²) in [5.74, 6) is 0. The van der Waals surface area contributed by atoms with Crippen LogP contribution in [0.15, 0.2) is 65.8 Å². The van der Waals surface area contributed by atoms with Crippen molar-refractivity contribution in [1.29, 1.82) is 0 Å². The van der Waals surface area contributed by atoms with Gasteiger partial charge in [0.1, 0.15) is 0 Å². The van der Waals surface area contributed by atoms with E-state index in [0.717, 1.165) is 22.0 Å². The number of rotatable bonds is 7. The van der Waals surface area contributed by atoms with Crippen LogP contribution in [0.3, 0.4) is 0 Å². The molecule has 0 bridgehead atoms. The van der Waals surface area contributed by atoms with Gasteiger partial charge in [0.25, 0.3) is 0 Å². The molecule has 5 heteroatoms. The maximum Gasteiger partial charge on any atom is 0.0446 e. The van der Waals surface area contributed by atoms with Crippen molar-refractivity contribution in [3.8, 4) is 11.1 Å². The number of nitrogens with two attached hydrogens (primary N) is 1. The van der Waals surface area contributed by atoms with E-state index in [1.807, 2.05) is 24.5 Å². The fraction of sp³-hybridized carbons (Fsp3) is 0.261. The van der Waals surface area contributed by atoms with Crippen molar-refractivity contribution in [3.63, 3.8) is 0 Å². The second-order valence-electron chi connectivity index (χ2n) is 6.88. The minimum Gasteiger partial charge on any atom is -0.329 e. The Morgan fingerprint density at radius 2 is 1.93 bits per heavy atom. The molecule has 0 spiro atoms. The van der Waals surface area contributed by atoms with Gasteiger partial charge < -0.3 is 5.73 Å². The SMILES string of the molecule is Cc1cnccc1-c1cccc(C(C)N(CCN)Sc2cccc(Cl)c2C)c1. The number of aryl methyl sites for hydroxylation is 1. The molecule has 1 atom stereocenters. The summed E-state index contributed by atoms with van der Waals surface area (Å²) in [6, 6.07) is 17.0. The van der Waals surface area contributed by atoms with Gasteiger partial charge in [0.15, 0.2) is 0 Å². The normalized spacial score (nSPS) is 12.4. The van der Waals surface area contributed by atoms with Crippen molar-refractivity contribution in [2.24, 2.45) is 5.73 Å². The molecule has 1 unspecified atom stereocenters. The predicted octanol–water partition coefficient (Wildman–Crippen LogP) is 6.05. The van der Waals surface area contributed by atoms with Gasteiger partial charge in [-0.15, -0.1) is 0 Å². The Balaban J connectivity index is 1.89. The largest absolute Gasteiger partial charge is 0.329 e. The van der Waals surface area contributed by atoms with E-state index in [9.17, 15) is 0 Å². The highest BCUT2D eigenvalue weighted by Gasteiger charge is 2.19. The van der Waals surface area contributed by atoms with Crippen LogP contribution in [-0.4, -0.2) is 22.4 Å². The van der Waals surface area contributed by atoms with E-state index in [-0.39, 0.29) is 6.04 Å². The number of hydrogen-bond acceptors (Lipinski definition) is 4. The molecule has 3 aromatic rings. The Hall–Kier alpha value is -1.85. The Kier molecular flexibility index (Phi) is 7.13. The van der Waals surface area contributed by atoms with Crippen LogP contribution in [0, 0.1) is 13.8 Å². The van der Waals surface area contributed by atoms with Crippen LogP contribution >= 0.6 is 23.5 Å². The van der Waals surface area contributed by atoms with Crippen LogP contribution in [0.1, 0.15) is 29.7 Å². The van der Waals surface area contributed by atoms with Crippen molar-refractivity contribution >= 4 is 23.5 Å². The van der Waals surface area contributed by atoms with Crippen molar-refractivity contribution in [3.05, 3.63) is 82.6 Å². The van der Waals surface area contributed by atoms with Gasteiger partial charge in [0, 0.05) is 41.4 Å². The summed E-state index contributed by atoms with van der Waals surface area (Å²) in [6.07, 6.45) is 3.75. The average molecular weight is 412 g/mol. The van der Waals surface area contributed by atoms with Crippen molar-refractivity contribution < 1.29 is 0 Å². The van der Waals surface area contributed by atoms with Gasteiger partial charge in [-0.05, 0) is 84.8 Å². The highest BCUT2D eigenvalue weighted by molar-refractivity contribution is 7.97. The molecule has 2 N–H and O–H groups in total. The zero-order valence-electron chi connectivity index (χ0n) is 16.5. The van der Waals surface area contributed by atoms with E-state index in [1.54, 1.807) is 11.9 Å². The van der Waals surface area contributed by atoms with Gasteiger partial charge in [-0.2, -0.15) is 0 Å². The van der Waals surface area contributed by atoms with Gasteiger partial charge in [0.05, 0.1) is 0 Å². The third-order valence-corrected chi connectivity index (χ3v) is 6.70. The molecule has 0 saturated heterocycles. The summed E-state index contributed by atoms with van der Waals surface area (Å²) in [7, 11) is 0. The molecule has 0 aliphatic rings. The number of hydrogen-bond donors (Lipinski definition) is 1. The van der Waals surface area contributed by atoms with Gasteiger partial charge >= 0.3 is 0 Å². The molecular weight excluding hydrogens is 386 g/mol. The molecule has 0 aliphatic carbocycles. The first-order chi connectivity index (χ1) is 13.5. The molecule has 0 saturated carbocycles. The third-order valence-electron chi connectivity index (χ3n) is 4.92. The molecular formula is C23H26ClN3S. The minimum atomic E-state index is 0.203. The van der Waals surface area contributed by atoms with Crippen molar-refractivity contribution in [2.75, 3.05) is 13.1 Å². The smallest absolute Gasteiger partial charge is 0.0446 e. The minimum absolute atomic E-state index is 0.203. The van der Waals surface area contributed by atoms with E-state index in [1.165, 1.54) is 22.3 Å². The van der Waals surface area contributed by atoms with Crippen LogP contribution in [0.4, 0.5) is 0 Å². The molecule has 28 heavy (non-hydrogen) atoms. The number of benzene rings is 2. The van der Waals surface area contributed by atoms with E-state index >= 15 is 0 Å². The van der Waals surface area contributed by atoms with E-state index in [2.05, 4.69) is 66.5 Å². The molecule has 0 amide bonds. The Morgan fingerprint density at radius 1 is 1.14 bits per heavy atom. The summed E-state index contributed by atoms with van der Waals surface area (Å²) in [5, 5.41) is 0.792. The molecule has 0 radical (unpaired) electrons. The van der Waals surface area contributed by atoms with Gasteiger partial charge in [0.2, 0.25) is 0 Å². The lowest BCUT2D eigenvalue weighted by atomic mass is 9.98. The zero-order chi connectivity index (χ0) is 20.1. The molecule has 1 heterocycles. The number of nitrogens with zero attached hydrogens (tertiary/aromatic N) is 2. The lowest BCUT2D eigenvalue weighted by Gasteiger charge is -2.28. The summed E-state index contributed by atoms with van der Waals surface area (Å²) in [5.41, 5.74) is 11.9. The topological polar surface area (TPSA) is 42.2 Å². The fourth-order valence-electron chi connectivity index (χ4n) is 3.19. The highest BCUT2D eigenvalue weighted by Crippen LogP contribution is 2.36. The van der Waals surface area contributed by atoms with Crippen LogP contribution in [0.25, 0.3) is 11.1 Å². The maximum absolute atomic E-state index is 6.31. The number of pyridine rings is 1. The summed E-state index contributed by atoms with van der Waals surface area (Å²) < 4.78 is 2.33. The quantitative estimate of drug-likeness (QED) is 0.480. The van der Waals surface area contributed by atoms with Crippen LogP contribution in [-0.2, 0) is 0 Å². The molecule has 3 nitrogen and oxygen atoms in total. The average Bonchev–Trinajstić information content (AvgIpc) is 2.71. The fourth-order valence-corrected chi connectivity index (χ4v) is 4.53. The van der Waals surface area contributed by atoms with Crippen LogP contribution in [0.5, 0.6) is 0 Å². The molecule has 1 aromatic heterocycles. The number of aromatic nitrogens is 1. The maximum atomic E-state index is 6.31. The Bertz CT molecular complexity index is 945. The summed E-state index contributed by atoms with van der Waals surface area (Å²) >= 11 is 8.03. The molecule has 3 rings (SSSR count). The molecule has 2 aromatic carbocycles. The standard InChI is InChI=1S/C23H26ClN3S/c1-16-15-26-12-10-21(16)20-7-4-6-19(14-20)18(3)27(13-11-25)28-23-9-5-8-22(24)17(23)2/h4-10,12,14-15,18H,11,13,25H2,1-3H3. The first kappa shape index (κ1) is 20.9. The van der Waals surface area contributed by atoms with Gasteiger partial charge in [-0.1, -0.05) is 35.9 Å². The second-order valence-corrected chi connectivity index (χ2v) is 8.37.